The largest absolute Gasteiger partial charge is 0.487 e. The molecule has 1 unspecified atom stereocenters. The van der Waals surface area contributed by atoms with Crippen LogP contribution in [0.25, 0.3) is 0 Å². The van der Waals surface area contributed by atoms with E-state index in [0.717, 1.165) is 41.2 Å². The summed E-state index contributed by atoms with van der Waals surface area (Å²) in [4.78, 5) is 4.13. The molecule has 1 aromatic carbocycles. The standard InChI is InChI=1S/C17H19Cl2NO/c1-2-3-4-16(19)15-9-10-20-11-17(15)21-12-13-5-7-14(18)8-6-13/h5-11,16H,2-4,12H2,1H3. The lowest BCUT2D eigenvalue weighted by molar-refractivity contribution is 0.301. The van der Waals surface area contributed by atoms with Crippen molar-refractivity contribution in [2.24, 2.45) is 0 Å². The van der Waals surface area contributed by atoms with E-state index in [-0.39, 0.29) is 5.38 Å². The molecule has 0 aliphatic heterocycles. The van der Waals surface area contributed by atoms with Crippen molar-refractivity contribution < 1.29 is 4.74 Å². The first kappa shape index (κ1) is 16.1. The van der Waals surface area contributed by atoms with E-state index in [4.69, 9.17) is 27.9 Å². The Kier molecular flexibility index (Phi) is 6.34. The highest BCUT2D eigenvalue weighted by atomic mass is 35.5. The zero-order valence-corrected chi connectivity index (χ0v) is 13.6. The summed E-state index contributed by atoms with van der Waals surface area (Å²) in [6.07, 6.45) is 6.67. The Labute approximate surface area is 136 Å². The minimum atomic E-state index is -0.0341. The molecule has 2 nitrogen and oxygen atoms in total. The number of rotatable bonds is 7. The van der Waals surface area contributed by atoms with Crippen LogP contribution in [0.15, 0.2) is 42.7 Å². The number of hydrogen-bond donors (Lipinski definition) is 0. The Balaban J connectivity index is 2.04. The number of nitrogens with zero attached hydrogens (tertiary/aromatic N) is 1. The van der Waals surface area contributed by atoms with Gasteiger partial charge in [0.15, 0.2) is 0 Å². The highest BCUT2D eigenvalue weighted by Gasteiger charge is 2.13. The summed E-state index contributed by atoms with van der Waals surface area (Å²) in [5, 5.41) is 0.689. The Hall–Kier alpha value is -1.25. The monoisotopic (exact) mass is 323 g/mol. The van der Waals surface area contributed by atoms with Gasteiger partial charge in [0, 0.05) is 16.8 Å². The fourth-order valence-corrected chi connectivity index (χ4v) is 2.51. The van der Waals surface area contributed by atoms with Crippen LogP contribution in [0.1, 0.15) is 42.7 Å². The predicted octanol–water partition coefficient (Wildman–Crippen LogP) is 5.78. The quantitative estimate of drug-likeness (QED) is 0.602. The number of hydrogen-bond acceptors (Lipinski definition) is 2. The number of alkyl halides is 1. The van der Waals surface area contributed by atoms with Crippen molar-refractivity contribution in [3.8, 4) is 5.75 Å². The lowest BCUT2D eigenvalue weighted by Crippen LogP contribution is -2.01. The van der Waals surface area contributed by atoms with Gasteiger partial charge in [0.1, 0.15) is 12.4 Å². The molecule has 4 heteroatoms. The van der Waals surface area contributed by atoms with Crippen LogP contribution in [0, 0.1) is 0 Å². The van der Waals surface area contributed by atoms with E-state index in [2.05, 4.69) is 11.9 Å². The highest BCUT2D eigenvalue weighted by Crippen LogP contribution is 2.33. The molecule has 0 radical (unpaired) electrons. The van der Waals surface area contributed by atoms with E-state index in [1.165, 1.54) is 0 Å². The molecule has 2 aromatic rings. The molecule has 2 rings (SSSR count). The van der Waals surface area contributed by atoms with Crippen molar-refractivity contribution in [2.45, 2.75) is 38.2 Å². The van der Waals surface area contributed by atoms with Crippen LogP contribution in [0.5, 0.6) is 5.75 Å². The zero-order valence-electron chi connectivity index (χ0n) is 12.1. The van der Waals surface area contributed by atoms with E-state index in [0.29, 0.717) is 6.61 Å². The van der Waals surface area contributed by atoms with E-state index in [1.54, 1.807) is 12.4 Å². The van der Waals surface area contributed by atoms with Gasteiger partial charge in [0.05, 0.1) is 11.6 Å². The first-order valence-corrected chi connectivity index (χ1v) is 7.97. The minimum Gasteiger partial charge on any atom is -0.487 e. The molecule has 0 bridgehead atoms. The van der Waals surface area contributed by atoms with Crippen LogP contribution in [-0.4, -0.2) is 4.98 Å². The van der Waals surface area contributed by atoms with Gasteiger partial charge < -0.3 is 4.74 Å². The van der Waals surface area contributed by atoms with Crippen molar-refractivity contribution >= 4 is 23.2 Å². The van der Waals surface area contributed by atoms with Crippen molar-refractivity contribution in [1.82, 2.24) is 4.98 Å². The van der Waals surface area contributed by atoms with Gasteiger partial charge in [-0.05, 0) is 30.2 Å². The van der Waals surface area contributed by atoms with Crippen LogP contribution < -0.4 is 4.74 Å². The number of halogens is 2. The van der Waals surface area contributed by atoms with Crippen molar-refractivity contribution in [3.05, 3.63) is 58.9 Å². The highest BCUT2D eigenvalue weighted by molar-refractivity contribution is 6.30. The van der Waals surface area contributed by atoms with Gasteiger partial charge in [-0.1, -0.05) is 43.5 Å². The maximum absolute atomic E-state index is 6.47. The fraction of sp³-hybridized carbons (Fsp3) is 0.353. The summed E-state index contributed by atoms with van der Waals surface area (Å²) >= 11 is 12.3. The molecule has 0 N–H and O–H groups in total. The van der Waals surface area contributed by atoms with Crippen molar-refractivity contribution in [1.29, 1.82) is 0 Å². The number of unbranched alkanes of at least 4 members (excludes halogenated alkanes) is 1. The summed E-state index contributed by atoms with van der Waals surface area (Å²) in [6, 6.07) is 9.55. The Bertz CT molecular complexity index is 557. The molecule has 1 heterocycles. The molecule has 0 fully saturated rings. The van der Waals surface area contributed by atoms with Gasteiger partial charge >= 0.3 is 0 Å². The summed E-state index contributed by atoms with van der Waals surface area (Å²) in [5.41, 5.74) is 2.07. The maximum atomic E-state index is 6.47. The number of pyridine rings is 1. The molecular formula is C17H19Cl2NO. The molecule has 0 saturated carbocycles. The Morgan fingerprint density at radius 3 is 2.67 bits per heavy atom. The smallest absolute Gasteiger partial charge is 0.142 e. The second-order valence-electron chi connectivity index (χ2n) is 4.94. The lowest BCUT2D eigenvalue weighted by atomic mass is 10.1. The normalized spacial score (nSPS) is 12.1. The average molecular weight is 324 g/mol. The first-order chi connectivity index (χ1) is 10.2. The molecule has 1 aromatic heterocycles. The van der Waals surface area contributed by atoms with E-state index in [1.807, 2.05) is 30.3 Å². The molecule has 0 aliphatic rings. The van der Waals surface area contributed by atoms with Crippen molar-refractivity contribution in [2.75, 3.05) is 0 Å². The molecule has 112 valence electrons. The average Bonchev–Trinajstić information content (AvgIpc) is 2.52. The Morgan fingerprint density at radius 1 is 1.19 bits per heavy atom. The third kappa shape index (κ3) is 4.90. The minimum absolute atomic E-state index is 0.0341. The van der Waals surface area contributed by atoms with Gasteiger partial charge in [0.2, 0.25) is 0 Å². The van der Waals surface area contributed by atoms with Crippen LogP contribution in [-0.2, 0) is 6.61 Å². The molecule has 1 atom stereocenters. The van der Waals surface area contributed by atoms with E-state index in [9.17, 15) is 0 Å². The predicted molar refractivity (Wildman–Crippen MR) is 88.1 cm³/mol. The molecular weight excluding hydrogens is 305 g/mol. The van der Waals surface area contributed by atoms with Gasteiger partial charge in [-0.2, -0.15) is 0 Å². The topological polar surface area (TPSA) is 22.1 Å². The third-order valence-electron chi connectivity index (χ3n) is 3.27. The van der Waals surface area contributed by atoms with Crippen LogP contribution >= 0.6 is 23.2 Å². The number of aromatic nitrogens is 1. The summed E-state index contributed by atoms with van der Waals surface area (Å²) in [5.74, 6) is 0.753. The second-order valence-corrected chi connectivity index (χ2v) is 5.90. The SMILES string of the molecule is CCCCC(Cl)c1ccncc1OCc1ccc(Cl)cc1. The van der Waals surface area contributed by atoms with Crippen LogP contribution in [0.2, 0.25) is 5.02 Å². The summed E-state index contributed by atoms with van der Waals surface area (Å²) in [7, 11) is 0. The van der Waals surface area contributed by atoms with Crippen molar-refractivity contribution in [3.63, 3.8) is 0 Å². The molecule has 21 heavy (non-hydrogen) atoms. The Morgan fingerprint density at radius 2 is 1.95 bits per heavy atom. The maximum Gasteiger partial charge on any atom is 0.142 e. The number of benzene rings is 1. The zero-order chi connectivity index (χ0) is 15.1. The molecule has 0 saturated heterocycles. The van der Waals surface area contributed by atoms with Gasteiger partial charge in [-0.25, -0.2) is 0 Å². The van der Waals surface area contributed by atoms with Gasteiger partial charge in [-0.3, -0.25) is 4.98 Å². The first-order valence-electron chi connectivity index (χ1n) is 7.16. The third-order valence-corrected chi connectivity index (χ3v) is 3.98. The summed E-state index contributed by atoms with van der Waals surface area (Å²) < 4.78 is 5.87. The molecule has 0 aliphatic carbocycles. The summed E-state index contributed by atoms with van der Waals surface area (Å²) in [6.45, 7) is 2.64. The lowest BCUT2D eigenvalue weighted by Gasteiger charge is -2.15. The van der Waals surface area contributed by atoms with Gasteiger partial charge in [0.25, 0.3) is 0 Å². The second kappa shape index (κ2) is 8.26. The van der Waals surface area contributed by atoms with Crippen LogP contribution in [0.4, 0.5) is 0 Å². The van der Waals surface area contributed by atoms with E-state index >= 15 is 0 Å². The van der Waals surface area contributed by atoms with Gasteiger partial charge in [-0.15, -0.1) is 11.6 Å². The molecule has 0 spiro atoms. The number of ether oxygens (including phenoxy) is 1. The molecule has 0 amide bonds. The fourth-order valence-electron chi connectivity index (χ4n) is 2.05. The van der Waals surface area contributed by atoms with Crippen LogP contribution in [0.3, 0.4) is 0 Å². The van der Waals surface area contributed by atoms with E-state index < -0.39 is 0 Å².